The fourth-order valence-corrected chi connectivity index (χ4v) is 2.11. The van der Waals surface area contributed by atoms with Gasteiger partial charge in [0.05, 0.1) is 12.0 Å². The number of esters is 1. The number of methoxy groups -OCH3 is 1. The molecule has 0 aliphatic carbocycles. The van der Waals surface area contributed by atoms with Crippen molar-refractivity contribution in [1.82, 2.24) is 0 Å². The molecule has 7 heteroatoms. The van der Waals surface area contributed by atoms with Crippen LogP contribution in [0.4, 0.5) is 5.69 Å². The fraction of sp³-hybridized carbons (Fsp3) is 0.150. The van der Waals surface area contributed by atoms with Crippen LogP contribution in [-0.2, 0) is 16.1 Å². The minimum atomic E-state index is -0.537. The second-order valence-electron chi connectivity index (χ2n) is 5.27. The molecule has 0 unspecified atom stereocenters. The number of nitro groups is 1. The standard InChI is InChI=1S/C20H17NO6/c1-3-12-26-20(22)11-7-15-6-10-18(19(13-15)25-2)27-14-16-4-8-17(9-5-16)21(23)24/h1,4-11,13H,12,14H2,2H3/b11-7+. The lowest BCUT2D eigenvalue weighted by molar-refractivity contribution is -0.384. The first-order chi connectivity index (χ1) is 13.0. The van der Waals surface area contributed by atoms with Crippen molar-refractivity contribution >= 4 is 17.7 Å². The highest BCUT2D eigenvalue weighted by atomic mass is 16.6. The zero-order valence-corrected chi connectivity index (χ0v) is 14.6. The molecule has 0 aromatic heterocycles. The van der Waals surface area contributed by atoms with E-state index in [9.17, 15) is 14.9 Å². The van der Waals surface area contributed by atoms with E-state index in [1.807, 2.05) is 0 Å². The van der Waals surface area contributed by atoms with Crippen LogP contribution in [0.1, 0.15) is 11.1 Å². The van der Waals surface area contributed by atoms with E-state index in [4.69, 9.17) is 20.6 Å². The summed E-state index contributed by atoms with van der Waals surface area (Å²) in [4.78, 5) is 21.6. The summed E-state index contributed by atoms with van der Waals surface area (Å²) in [7, 11) is 1.50. The van der Waals surface area contributed by atoms with E-state index in [0.717, 1.165) is 5.56 Å². The Morgan fingerprint density at radius 1 is 1.22 bits per heavy atom. The van der Waals surface area contributed by atoms with Crippen molar-refractivity contribution in [3.05, 3.63) is 69.8 Å². The molecule has 0 radical (unpaired) electrons. The molecule has 0 heterocycles. The Kier molecular flexibility index (Phi) is 6.97. The van der Waals surface area contributed by atoms with Crippen molar-refractivity contribution in [2.75, 3.05) is 13.7 Å². The largest absolute Gasteiger partial charge is 0.493 e. The van der Waals surface area contributed by atoms with Crippen LogP contribution < -0.4 is 9.47 Å². The van der Waals surface area contributed by atoms with Gasteiger partial charge in [0.2, 0.25) is 0 Å². The van der Waals surface area contributed by atoms with E-state index >= 15 is 0 Å². The topological polar surface area (TPSA) is 87.9 Å². The monoisotopic (exact) mass is 367 g/mol. The maximum Gasteiger partial charge on any atom is 0.331 e. The van der Waals surface area contributed by atoms with E-state index in [2.05, 4.69) is 5.92 Å². The average Bonchev–Trinajstić information content (AvgIpc) is 2.69. The van der Waals surface area contributed by atoms with Crippen LogP contribution in [0.5, 0.6) is 11.5 Å². The molecular formula is C20H17NO6. The summed E-state index contributed by atoms with van der Waals surface area (Å²) in [6, 6.07) is 11.3. The molecule has 0 N–H and O–H groups in total. The molecule has 27 heavy (non-hydrogen) atoms. The van der Waals surface area contributed by atoms with Gasteiger partial charge in [-0.15, -0.1) is 6.42 Å². The molecule has 0 fully saturated rings. The molecule has 0 bridgehead atoms. The van der Waals surface area contributed by atoms with Crippen molar-refractivity contribution < 1.29 is 23.9 Å². The Hall–Kier alpha value is -3.79. The van der Waals surface area contributed by atoms with Gasteiger partial charge in [-0.1, -0.05) is 12.0 Å². The summed E-state index contributed by atoms with van der Waals surface area (Å²) in [6.07, 6.45) is 7.86. The number of hydrogen-bond donors (Lipinski definition) is 0. The third-order valence-electron chi connectivity index (χ3n) is 3.44. The van der Waals surface area contributed by atoms with Gasteiger partial charge in [-0.25, -0.2) is 4.79 Å². The predicted molar refractivity (Wildman–Crippen MR) is 99.2 cm³/mol. The highest BCUT2D eigenvalue weighted by Gasteiger charge is 2.08. The molecule has 0 spiro atoms. The maximum absolute atomic E-state index is 11.4. The molecular weight excluding hydrogens is 350 g/mol. The van der Waals surface area contributed by atoms with Gasteiger partial charge in [-0.3, -0.25) is 10.1 Å². The van der Waals surface area contributed by atoms with Gasteiger partial charge in [0, 0.05) is 18.2 Å². The molecule has 0 amide bonds. The molecule has 0 saturated carbocycles. The second-order valence-corrected chi connectivity index (χ2v) is 5.27. The first-order valence-corrected chi connectivity index (χ1v) is 7.86. The van der Waals surface area contributed by atoms with Crippen LogP contribution in [0.15, 0.2) is 48.5 Å². The summed E-state index contributed by atoms with van der Waals surface area (Å²) in [6.45, 7) is 0.143. The molecule has 0 aliphatic rings. The van der Waals surface area contributed by atoms with Crippen LogP contribution in [0, 0.1) is 22.5 Å². The Morgan fingerprint density at radius 2 is 1.96 bits per heavy atom. The van der Waals surface area contributed by atoms with Crippen LogP contribution >= 0.6 is 0 Å². The van der Waals surface area contributed by atoms with Crippen molar-refractivity contribution in [2.45, 2.75) is 6.61 Å². The fourth-order valence-electron chi connectivity index (χ4n) is 2.11. The number of carbonyl (C=O) groups excluding carboxylic acids is 1. The van der Waals surface area contributed by atoms with Crippen molar-refractivity contribution in [2.24, 2.45) is 0 Å². The van der Waals surface area contributed by atoms with Gasteiger partial charge in [-0.2, -0.15) is 0 Å². The van der Waals surface area contributed by atoms with Gasteiger partial charge in [-0.05, 0) is 41.5 Å². The lowest BCUT2D eigenvalue weighted by atomic mass is 10.2. The van der Waals surface area contributed by atoms with Gasteiger partial charge in [0.25, 0.3) is 5.69 Å². The van der Waals surface area contributed by atoms with E-state index < -0.39 is 10.9 Å². The molecule has 0 aliphatic heterocycles. The number of rotatable bonds is 8. The lowest BCUT2D eigenvalue weighted by Crippen LogP contribution is -2.00. The minimum absolute atomic E-state index is 0.0215. The van der Waals surface area contributed by atoms with Crippen LogP contribution in [0.2, 0.25) is 0 Å². The molecule has 0 atom stereocenters. The quantitative estimate of drug-likeness (QED) is 0.234. The summed E-state index contributed by atoms with van der Waals surface area (Å²) in [5.41, 5.74) is 1.52. The highest BCUT2D eigenvalue weighted by molar-refractivity contribution is 5.87. The number of nitrogens with zero attached hydrogens (tertiary/aromatic N) is 1. The molecule has 2 aromatic rings. The zero-order valence-electron chi connectivity index (χ0n) is 14.6. The lowest BCUT2D eigenvalue weighted by Gasteiger charge is -2.11. The number of non-ortho nitro benzene ring substituents is 1. The summed E-state index contributed by atoms with van der Waals surface area (Å²) < 4.78 is 15.8. The maximum atomic E-state index is 11.4. The number of benzene rings is 2. The minimum Gasteiger partial charge on any atom is -0.493 e. The second kappa shape index (κ2) is 9.63. The molecule has 7 nitrogen and oxygen atoms in total. The van der Waals surface area contributed by atoms with E-state index in [1.54, 1.807) is 36.4 Å². The van der Waals surface area contributed by atoms with E-state index in [1.165, 1.54) is 25.3 Å². The predicted octanol–water partition coefficient (Wildman–Crippen LogP) is 3.37. The Bertz CT molecular complexity index is 880. The summed E-state index contributed by atoms with van der Waals surface area (Å²) in [5.74, 6) is 2.66. The van der Waals surface area contributed by atoms with E-state index in [-0.39, 0.29) is 18.9 Å². The first kappa shape index (κ1) is 19.5. The Labute approximate surface area is 156 Å². The van der Waals surface area contributed by atoms with Gasteiger partial charge >= 0.3 is 5.97 Å². The van der Waals surface area contributed by atoms with Crippen molar-refractivity contribution in [1.29, 1.82) is 0 Å². The van der Waals surface area contributed by atoms with Crippen LogP contribution in [0.3, 0.4) is 0 Å². The van der Waals surface area contributed by atoms with Crippen molar-refractivity contribution in [3.8, 4) is 23.8 Å². The Morgan fingerprint density at radius 3 is 2.59 bits per heavy atom. The third-order valence-corrected chi connectivity index (χ3v) is 3.44. The number of terminal acetylenes is 1. The normalized spacial score (nSPS) is 10.2. The summed E-state index contributed by atoms with van der Waals surface area (Å²) in [5, 5.41) is 10.7. The number of hydrogen-bond acceptors (Lipinski definition) is 6. The molecule has 0 saturated heterocycles. The number of nitro benzene ring substituents is 1. The first-order valence-electron chi connectivity index (χ1n) is 7.86. The molecule has 2 rings (SSSR count). The summed E-state index contributed by atoms with van der Waals surface area (Å²) >= 11 is 0. The SMILES string of the molecule is C#CCOC(=O)/C=C/c1ccc(OCc2ccc([N+](=O)[O-])cc2)c(OC)c1. The van der Waals surface area contributed by atoms with E-state index in [0.29, 0.717) is 17.1 Å². The Balaban J connectivity index is 2.03. The molecule has 2 aromatic carbocycles. The number of ether oxygens (including phenoxy) is 3. The average molecular weight is 367 g/mol. The molecule has 138 valence electrons. The van der Waals surface area contributed by atoms with Crippen LogP contribution in [-0.4, -0.2) is 24.6 Å². The van der Waals surface area contributed by atoms with Crippen LogP contribution in [0.25, 0.3) is 6.08 Å². The third kappa shape index (κ3) is 5.90. The van der Waals surface area contributed by atoms with Gasteiger partial charge < -0.3 is 14.2 Å². The zero-order chi connectivity index (χ0) is 19.6. The van der Waals surface area contributed by atoms with Gasteiger partial charge in [0.15, 0.2) is 18.1 Å². The highest BCUT2D eigenvalue weighted by Crippen LogP contribution is 2.29. The van der Waals surface area contributed by atoms with Crippen molar-refractivity contribution in [3.63, 3.8) is 0 Å². The number of carbonyl (C=O) groups is 1. The van der Waals surface area contributed by atoms with Gasteiger partial charge in [0.1, 0.15) is 6.61 Å². The smallest absolute Gasteiger partial charge is 0.331 e.